The molecule has 0 aliphatic heterocycles. The first-order valence-electron chi connectivity index (χ1n) is 18.6. The van der Waals surface area contributed by atoms with Gasteiger partial charge < -0.3 is 51.5 Å². The molecule has 0 unspecified atom stereocenters. The fourth-order valence-electron chi connectivity index (χ4n) is 5.44. The first-order chi connectivity index (χ1) is 25.8. The highest BCUT2D eigenvalue weighted by Gasteiger charge is 2.33. The van der Waals surface area contributed by atoms with Gasteiger partial charge in [0.25, 0.3) is 0 Å². The third kappa shape index (κ3) is 22.3. The molecule has 0 heterocycles. The molecule has 6 amide bonds. The minimum Gasteiger partial charge on any atom is -0.394 e. The van der Waals surface area contributed by atoms with Crippen molar-refractivity contribution in [2.75, 3.05) is 32.8 Å². The number of ether oxygens (including phenoxy) is 1. The third-order valence-corrected chi connectivity index (χ3v) is 8.79. The van der Waals surface area contributed by atoms with Gasteiger partial charge in [-0.1, -0.05) is 63.4 Å². The lowest BCUT2D eigenvalue weighted by atomic mass is 10.0. The largest absolute Gasteiger partial charge is 0.469 e. The summed E-state index contributed by atoms with van der Waals surface area (Å²) >= 11 is 0. The number of phosphoric ester groups is 1. The molecule has 0 saturated heterocycles. The number of rotatable bonds is 28. The van der Waals surface area contributed by atoms with Crippen LogP contribution in [0, 0.1) is 5.92 Å². The number of amides is 6. The van der Waals surface area contributed by atoms with E-state index in [0.717, 1.165) is 39.0 Å². The number of primary amides is 1. The van der Waals surface area contributed by atoms with Crippen LogP contribution in [0.25, 0.3) is 0 Å². The number of nitrogens with two attached hydrogens (primary N) is 1. The molecule has 18 nitrogen and oxygen atoms in total. The number of unbranched alkanes of at least 4 members (excludes halogenated alkanes) is 4. The van der Waals surface area contributed by atoms with E-state index in [1.54, 1.807) is 0 Å². The van der Waals surface area contributed by atoms with Gasteiger partial charge in [0, 0.05) is 6.54 Å². The summed E-state index contributed by atoms with van der Waals surface area (Å²) in [4.78, 5) is 96.1. The normalized spacial score (nSPS) is 13.7. The molecule has 0 aliphatic carbocycles. The topological polar surface area (TPSA) is 276 Å². The van der Waals surface area contributed by atoms with E-state index in [0.29, 0.717) is 13.0 Å². The van der Waals surface area contributed by atoms with E-state index in [-0.39, 0.29) is 43.9 Å². The molecule has 0 saturated carbocycles. The maximum Gasteiger partial charge on any atom is 0.469 e. The van der Waals surface area contributed by atoms with Crippen molar-refractivity contribution < 1.29 is 57.5 Å². The summed E-state index contributed by atoms with van der Waals surface area (Å²) in [5.74, 6) is -4.85. The highest BCUT2D eigenvalue weighted by atomic mass is 31.2. The quantitative estimate of drug-likeness (QED) is 0.0423. The second-order valence-corrected chi connectivity index (χ2v) is 15.1. The molecule has 0 aliphatic rings. The Labute approximate surface area is 323 Å². The third-order valence-electron chi connectivity index (χ3n) is 8.18. The molecule has 0 spiro atoms. The van der Waals surface area contributed by atoms with Crippen LogP contribution >= 0.6 is 7.82 Å². The monoisotopic (exact) mass is 800 g/mol. The van der Waals surface area contributed by atoms with Crippen molar-refractivity contribution in [1.29, 1.82) is 0 Å². The van der Waals surface area contributed by atoms with Gasteiger partial charge in [0.15, 0.2) is 0 Å². The van der Waals surface area contributed by atoms with Gasteiger partial charge in [-0.05, 0) is 57.9 Å². The molecule has 0 radical (unpaired) electrons. The van der Waals surface area contributed by atoms with Gasteiger partial charge in [0.2, 0.25) is 35.4 Å². The zero-order valence-electron chi connectivity index (χ0n) is 32.5. The van der Waals surface area contributed by atoms with Crippen LogP contribution in [0.2, 0.25) is 0 Å². The van der Waals surface area contributed by atoms with Crippen LogP contribution in [0.1, 0.15) is 85.1 Å². The second kappa shape index (κ2) is 26.0. The minimum atomic E-state index is -5.06. The lowest BCUT2D eigenvalue weighted by molar-refractivity contribution is -0.138. The van der Waals surface area contributed by atoms with Crippen LogP contribution in [0.5, 0.6) is 0 Å². The van der Waals surface area contributed by atoms with Crippen LogP contribution in [0.15, 0.2) is 30.3 Å². The summed E-state index contributed by atoms with van der Waals surface area (Å²) in [6, 6.07) is 5.78. The van der Waals surface area contributed by atoms with Crippen molar-refractivity contribution in [2.24, 2.45) is 11.7 Å². The highest BCUT2D eigenvalue weighted by Crippen LogP contribution is 2.38. The number of aliphatic hydroxyl groups is 1. The van der Waals surface area contributed by atoms with Crippen molar-refractivity contribution in [3.05, 3.63) is 35.9 Å². The summed E-state index contributed by atoms with van der Waals surface area (Å²) in [5.41, 5.74) is 6.51. The Kier molecular flexibility index (Phi) is 23.2. The molecule has 55 heavy (non-hydrogen) atoms. The molecule has 1 rings (SSSR count). The summed E-state index contributed by atoms with van der Waals surface area (Å²) in [6.07, 6.45) is 4.28. The Morgan fingerprint density at radius 2 is 1.45 bits per heavy atom. The lowest BCUT2D eigenvalue weighted by Gasteiger charge is -2.26. The van der Waals surface area contributed by atoms with E-state index in [1.165, 1.54) is 10.5 Å². The number of nitrogens with one attached hydrogen (secondary N) is 4. The zero-order valence-corrected chi connectivity index (χ0v) is 33.4. The van der Waals surface area contributed by atoms with Crippen molar-refractivity contribution in [3.8, 4) is 0 Å². The van der Waals surface area contributed by atoms with E-state index >= 15 is 0 Å². The van der Waals surface area contributed by atoms with E-state index < -0.39 is 74.7 Å². The lowest BCUT2D eigenvalue weighted by Crippen LogP contribution is -2.58. The van der Waals surface area contributed by atoms with Crippen LogP contribution in [-0.2, 0) is 49.0 Å². The molecular weight excluding hydrogens is 739 g/mol. The number of carbonyl (C=O) groups excluding carboxylic acids is 6. The van der Waals surface area contributed by atoms with Crippen LogP contribution in [-0.4, -0.2) is 118 Å². The molecule has 312 valence electrons. The Bertz CT molecular complexity index is 1410. The first kappa shape index (κ1) is 49.1. The minimum absolute atomic E-state index is 0.0599. The Hall–Kier alpha value is -3.93. The van der Waals surface area contributed by atoms with Crippen LogP contribution in [0.3, 0.4) is 0 Å². The van der Waals surface area contributed by atoms with E-state index in [9.17, 15) is 38.4 Å². The molecule has 0 fully saturated rings. The Morgan fingerprint density at radius 3 is 2.04 bits per heavy atom. The average Bonchev–Trinajstić information content (AvgIpc) is 3.09. The molecular formula is C36H61N6O12P. The van der Waals surface area contributed by atoms with Gasteiger partial charge >= 0.3 is 7.82 Å². The van der Waals surface area contributed by atoms with Gasteiger partial charge in [-0.2, -0.15) is 0 Å². The Balaban J connectivity index is 2.79. The zero-order chi connectivity index (χ0) is 41.6. The fraction of sp³-hybridized carbons (Fsp3) is 0.667. The molecule has 1 aromatic carbocycles. The number of aryl methyl sites for hydroxylation is 1. The molecule has 19 heteroatoms. The van der Waals surface area contributed by atoms with Gasteiger partial charge in [-0.25, -0.2) is 4.57 Å². The maximum atomic E-state index is 13.3. The second-order valence-electron chi connectivity index (χ2n) is 13.9. The fourth-order valence-corrected chi connectivity index (χ4v) is 5.99. The first-order valence-corrected chi connectivity index (χ1v) is 20.1. The molecule has 0 aromatic heterocycles. The number of carbonyl (C=O) groups is 6. The summed E-state index contributed by atoms with van der Waals surface area (Å²) in [7, 11) is -5.06. The highest BCUT2D eigenvalue weighted by molar-refractivity contribution is 7.46. The number of benzene rings is 1. The van der Waals surface area contributed by atoms with E-state index in [2.05, 4.69) is 37.9 Å². The van der Waals surface area contributed by atoms with Crippen molar-refractivity contribution >= 4 is 43.3 Å². The van der Waals surface area contributed by atoms with Crippen molar-refractivity contribution in [2.45, 2.75) is 116 Å². The van der Waals surface area contributed by atoms with Crippen molar-refractivity contribution in [3.63, 3.8) is 0 Å². The molecule has 9 N–H and O–H groups in total. The van der Waals surface area contributed by atoms with Gasteiger partial charge in [-0.15, -0.1) is 0 Å². The van der Waals surface area contributed by atoms with Crippen LogP contribution < -0.4 is 27.0 Å². The predicted octanol–water partition coefficient (Wildman–Crippen LogP) is 0.415. The summed E-state index contributed by atoms with van der Waals surface area (Å²) in [5, 5.41) is 19.0. The Morgan fingerprint density at radius 1 is 0.836 bits per heavy atom. The number of nitrogens with zero attached hydrogens (tertiary/aromatic N) is 1. The van der Waals surface area contributed by atoms with E-state index in [1.807, 2.05) is 45.9 Å². The van der Waals surface area contributed by atoms with Gasteiger partial charge in [0.1, 0.15) is 18.1 Å². The summed E-state index contributed by atoms with van der Waals surface area (Å²) in [6.45, 7) is 7.09. The van der Waals surface area contributed by atoms with Gasteiger partial charge in [-0.3, -0.25) is 33.3 Å². The molecule has 1 aromatic rings. The average molecular weight is 801 g/mol. The number of phosphoric acid groups is 1. The SMILES string of the molecule is CC(C)C[C@H](NC(=O)CN(CCCCCCCc1ccccc1)C(=O)CCOC(C)C)C(=O)NCC(=O)N[C@@H](CO)C(=O)N[C@H](C(N)=O)[C@@H](C)OP(=O)(O)O. The molecule has 0 bridgehead atoms. The number of hydrogen-bond donors (Lipinski definition) is 8. The van der Waals surface area contributed by atoms with Crippen LogP contribution in [0.4, 0.5) is 0 Å². The smallest absolute Gasteiger partial charge is 0.394 e. The summed E-state index contributed by atoms with van der Waals surface area (Å²) < 4.78 is 21.1. The maximum absolute atomic E-state index is 13.3. The predicted molar refractivity (Wildman–Crippen MR) is 203 cm³/mol. The number of aliphatic hydroxyl groups excluding tert-OH is 1. The number of hydrogen-bond acceptors (Lipinski definition) is 10. The van der Waals surface area contributed by atoms with Crippen molar-refractivity contribution in [1.82, 2.24) is 26.2 Å². The van der Waals surface area contributed by atoms with E-state index in [4.69, 9.17) is 20.3 Å². The standard InChI is InChI=1S/C36H61N6O12P/c1-24(2)20-28(35(48)38-21-30(44)40-29(23-43)36(49)41-33(34(37)47)26(5)54-55(50,51)52)39-31(45)22-42(32(46)17-19-53-25(3)4)18-13-8-6-7-10-14-27-15-11-9-12-16-27/h9,11-12,15-16,24-26,28-29,33,43H,6-8,10,13-14,17-23H2,1-5H3,(H2,37,47)(H,38,48)(H,39,45)(H,40,44)(H,41,49)(H2,50,51,52)/t26-,28+,29+,33+/m1/s1. The molecule has 4 atom stereocenters. The van der Waals surface area contributed by atoms with Gasteiger partial charge in [0.05, 0.1) is 44.9 Å².